The van der Waals surface area contributed by atoms with Gasteiger partial charge in [-0.05, 0) is 56.2 Å². The van der Waals surface area contributed by atoms with E-state index in [1.54, 1.807) is 11.8 Å². The van der Waals surface area contributed by atoms with Crippen molar-refractivity contribution in [2.75, 3.05) is 12.8 Å². The normalized spacial score (nSPS) is 21.5. The molecule has 0 bridgehead atoms. The number of hydrogen-bond acceptors (Lipinski definition) is 3. The molecule has 0 saturated heterocycles. The average molecular weight is 329 g/mol. The fourth-order valence-electron chi connectivity index (χ4n) is 2.90. The van der Waals surface area contributed by atoms with Crippen molar-refractivity contribution < 1.29 is 4.79 Å². The summed E-state index contributed by atoms with van der Waals surface area (Å²) in [7, 11) is 0. The van der Waals surface area contributed by atoms with E-state index in [1.807, 2.05) is 25.3 Å². The highest BCUT2D eigenvalue weighted by molar-refractivity contribution is 7.98. The van der Waals surface area contributed by atoms with Crippen molar-refractivity contribution >= 4 is 30.1 Å². The standard InChI is InChI=1S/C16H24N2OS.ClH/c1-11-7-8-13(20-2)9-14(11)16(19)18-15-6-4-3-5-12(15)10-17;/h7-9,12,15H,3-6,10,17H2,1-2H3,(H,18,19);1H. The van der Waals surface area contributed by atoms with E-state index < -0.39 is 0 Å². The molecule has 0 heterocycles. The Balaban J connectivity index is 0.00000220. The van der Waals surface area contributed by atoms with E-state index in [4.69, 9.17) is 5.73 Å². The Labute approximate surface area is 137 Å². The quantitative estimate of drug-likeness (QED) is 0.833. The molecule has 2 unspecified atom stereocenters. The Kier molecular flexibility index (Phi) is 7.57. The van der Waals surface area contributed by atoms with E-state index in [0.29, 0.717) is 12.5 Å². The van der Waals surface area contributed by atoms with Crippen molar-refractivity contribution in [3.63, 3.8) is 0 Å². The number of benzene rings is 1. The summed E-state index contributed by atoms with van der Waals surface area (Å²) in [4.78, 5) is 13.6. The molecule has 21 heavy (non-hydrogen) atoms. The van der Waals surface area contributed by atoms with Crippen LogP contribution in [0.1, 0.15) is 41.6 Å². The van der Waals surface area contributed by atoms with E-state index in [0.717, 1.165) is 28.9 Å². The van der Waals surface area contributed by atoms with Gasteiger partial charge in [0.2, 0.25) is 0 Å². The summed E-state index contributed by atoms with van der Waals surface area (Å²) < 4.78 is 0. The number of amides is 1. The first-order chi connectivity index (χ1) is 9.65. The van der Waals surface area contributed by atoms with Gasteiger partial charge in [0.25, 0.3) is 5.91 Å². The second kappa shape index (κ2) is 8.66. The lowest BCUT2D eigenvalue weighted by atomic mass is 9.84. The van der Waals surface area contributed by atoms with Gasteiger partial charge < -0.3 is 11.1 Å². The minimum Gasteiger partial charge on any atom is -0.349 e. The fraction of sp³-hybridized carbons (Fsp3) is 0.562. The van der Waals surface area contributed by atoms with Gasteiger partial charge in [0.1, 0.15) is 0 Å². The monoisotopic (exact) mass is 328 g/mol. The SMILES string of the molecule is CSc1ccc(C)c(C(=O)NC2CCCCC2CN)c1.Cl. The molecule has 118 valence electrons. The maximum absolute atomic E-state index is 12.5. The highest BCUT2D eigenvalue weighted by Gasteiger charge is 2.26. The van der Waals surface area contributed by atoms with Crippen molar-refractivity contribution in [1.82, 2.24) is 5.32 Å². The number of hydrogen-bond donors (Lipinski definition) is 2. The summed E-state index contributed by atoms with van der Waals surface area (Å²) in [5.41, 5.74) is 7.65. The molecule has 1 saturated carbocycles. The van der Waals surface area contributed by atoms with Crippen molar-refractivity contribution in [3.05, 3.63) is 29.3 Å². The van der Waals surface area contributed by atoms with Crippen LogP contribution in [-0.4, -0.2) is 24.7 Å². The molecule has 1 aromatic rings. The van der Waals surface area contributed by atoms with E-state index in [9.17, 15) is 4.79 Å². The Morgan fingerprint density at radius 1 is 1.38 bits per heavy atom. The first-order valence-electron chi connectivity index (χ1n) is 7.31. The predicted octanol–water partition coefficient (Wildman–Crippen LogP) is 3.39. The van der Waals surface area contributed by atoms with E-state index in [2.05, 4.69) is 11.4 Å². The Hall–Kier alpha value is -0.710. The molecule has 0 spiro atoms. The smallest absolute Gasteiger partial charge is 0.251 e. The minimum absolute atomic E-state index is 0. The number of carbonyl (C=O) groups is 1. The van der Waals surface area contributed by atoms with Gasteiger partial charge in [-0.15, -0.1) is 24.2 Å². The largest absolute Gasteiger partial charge is 0.349 e. The third kappa shape index (κ3) is 4.63. The first-order valence-corrected chi connectivity index (χ1v) is 8.53. The zero-order chi connectivity index (χ0) is 14.5. The van der Waals surface area contributed by atoms with Crippen LogP contribution in [-0.2, 0) is 0 Å². The summed E-state index contributed by atoms with van der Waals surface area (Å²) in [5.74, 6) is 0.473. The zero-order valence-electron chi connectivity index (χ0n) is 12.7. The maximum Gasteiger partial charge on any atom is 0.251 e. The predicted molar refractivity (Wildman–Crippen MR) is 92.5 cm³/mol. The highest BCUT2D eigenvalue weighted by Crippen LogP contribution is 2.25. The van der Waals surface area contributed by atoms with E-state index >= 15 is 0 Å². The van der Waals surface area contributed by atoms with Crippen LogP contribution in [0.15, 0.2) is 23.1 Å². The highest BCUT2D eigenvalue weighted by atomic mass is 35.5. The van der Waals surface area contributed by atoms with Crippen LogP contribution in [0.3, 0.4) is 0 Å². The van der Waals surface area contributed by atoms with Gasteiger partial charge in [-0.1, -0.05) is 18.9 Å². The molecular weight excluding hydrogens is 304 g/mol. The molecule has 1 aliphatic carbocycles. The van der Waals surface area contributed by atoms with Crippen LogP contribution in [0.25, 0.3) is 0 Å². The number of thioether (sulfide) groups is 1. The van der Waals surface area contributed by atoms with Crippen LogP contribution in [0.4, 0.5) is 0 Å². The number of rotatable bonds is 4. The summed E-state index contributed by atoms with van der Waals surface area (Å²) in [5, 5.41) is 3.20. The molecule has 0 radical (unpaired) electrons. The Bertz CT molecular complexity index is 481. The lowest BCUT2D eigenvalue weighted by Gasteiger charge is -2.31. The summed E-state index contributed by atoms with van der Waals surface area (Å²) in [6.45, 7) is 2.65. The van der Waals surface area contributed by atoms with Crippen LogP contribution in [0.2, 0.25) is 0 Å². The second-order valence-corrected chi connectivity index (χ2v) is 6.42. The van der Waals surface area contributed by atoms with Gasteiger partial charge in [0.05, 0.1) is 0 Å². The number of halogens is 1. The number of nitrogens with two attached hydrogens (primary N) is 1. The third-order valence-corrected chi connectivity index (χ3v) is 4.94. The van der Waals surface area contributed by atoms with Gasteiger partial charge in [-0.25, -0.2) is 0 Å². The Morgan fingerprint density at radius 3 is 2.76 bits per heavy atom. The molecule has 5 heteroatoms. The van der Waals surface area contributed by atoms with Crippen LogP contribution in [0.5, 0.6) is 0 Å². The van der Waals surface area contributed by atoms with Gasteiger partial charge >= 0.3 is 0 Å². The Morgan fingerprint density at radius 2 is 2.10 bits per heavy atom. The lowest BCUT2D eigenvalue weighted by molar-refractivity contribution is 0.0907. The summed E-state index contributed by atoms with van der Waals surface area (Å²) in [6.07, 6.45) is 6.62. The van der Waals surface area contributed by atoms with Gasteiger partial charge in [-0.2, -0.15) is 0 Å². The maximum atomic E-state index is 12.5. The molecule has 2 atom stereocenters. The molecule has 0 aliphatic heterocycles. The number of aryl methyl sites for hydroxylation is 1. The molecule has 0 aromatic heterocycles. The number of nitrogens with one attached hydrogen (secondary N) is 1. The molecule has 3 N–H and O–H groups in total. The average Bonchev–Trinajstić information content (AvgIpc) is 2.48. The first kappa shape index (κ1) is 18.3. The van der Waals surface area contributed by atoms with Gasteiger partial charge in [-0.3, -0.25) is 4.79 Å². The molecular formula is C16H25ClN2OS. The lowest BCUT2D eigenvalue weighted by Crippen LogP contribution is -2.44. The third-order valence-electron chi connectivity index (χ3n) is 4.22. The second-order valence-electron chi connectivity index (χ2n) is 5.54. The fourth-order valence-corrected chi connectivity index (χ4v) is 3.34. The van der Waals surface area contributed by atoms with E-state index in [1.165, 1.54) is 12.8 Å². The molecule has 1 fully saturated rings. The van der Waals surface area contributed by atoms with Crippen molar-refractivity contribution in [2.24, 2.45) is 11.7 Å². The molecule has 3 nitrogen and oxygen atoms in total. The topological polar surface area (TPSA) is 55.1 Å². The zero-order valence-corrected chi connectivity index (χ0v) is 14.4. The van der Waals surface area contributed by atoms with Gasteiger partial charge in [0.15, 0.2) is 0 Å². The summed E-state index contributed by atoms with van der Waals surface area (Å²) in [6, 6.07) is 6.29. The van der Waals surface area contributed by atoms with Crippen LogP contribution >= 0.6 is 24.2 Å². The van der Waals surface area contributed by atoms with Crippen molar-refractivity contribution in [2.45, 2.75) is 43.5 Å². The van der Waals surface area contributed by atoms with Crippen LogP contribution < -0.4 is 11.1 Å². The van der Waals surface area contributed by atoms with Crippen molar-refractivity contribution in [1.29, 1.82) is 0 Å². The molecule has 1 aromatic carbocycles. The van der Waals surface area contributed by atoms with Crippen LogP contribution in [0, 0.1) is 12.8 Å². The minimum atomic E-state index is 0. The van der Waals surface area contributed by atoms with Gasteiger partial charge in [0, 0.05) is 16.5 Å². The van der Waals surface area contributed by atoms with Crippen molar-refractivity contribution in [3.8, 4) is 0 Å². The molecule has 1 aliphatic rings. The molecule has 1 amide bonds. The molecule has 2 rings (SSSR count). The summed E-state index contributed by atoms with van der Waals surface area (Å²) >= 11 is 1.66. The number of carbonyl (C=O) groups excluding carboxylic acids is 1. The van der Waals surface area contributed by atoms with E-state index in [-0.39, 0.29) is 24.4 Å².